The van der Waals surface area contributed by atoms with E-state index < -0.39 is 0 Å². The van der Waals surface area contributed by atoms with Gasteiger partial charge in [0.25, 0.3) is 0 Å². The lowest BCUT2D eigenvalue weighted by molar-refractivity contribution is -0.182. The first kappa shape index (κ1) is 14.0. The van der Waals surface area contributed by atoms with Crippen LogP contribution in [0, 0.1) is 5.82 Å². The minimum Gasteiger partial charge on any atom is -0.366 e. The monoisotopic (exact) mass is 277 g/mol. The maximum absolute atomic E-state index is 13.3. The van der Waals surface area contributed by atoms with E-state index in [9.17, 15) is 4.39 Å². The summed E-state index contributed by atoms with van der Waals surface area (Å²) in [5, 5.41) is 3.55. The van der Waals surface area contributed by atoms with E-state index in [-0.39, 0.29) is 17.0 Å². The number of nitrogens with one attached hydrogen (secondary N) is 1. The van der Waals surface area contributed by atoms with Gasteiger partial charge in [0.05, 0.1) is 11.2 Å². The van der Waals surface area contributed by atoms with Crippen LogP contribution in [-0.4, -0.2) is 24.3 Å². The molecule has 20 heavy (non-hydrogen) atoms. The van der Waals surface area contributed by atoms with E-state index in [1.807, 2.05) is 6.07 Å². The van der Waals surface area contributed by atoms with Crippen molar-refractivity contribution < 1.29 is 9.13 Å². The van der Waals surface area contributed by atoms with Crippen molar-refractivity contribution in [2.45, 2.75) is 56.7 Å². The van der Waals surface area contributed by atoms with Crippen molar-refractivity contribution in [1.82, 2.24) is 5.32 Å². The van der Waals surface area contributed by atoms with Crippen LogP contribution in [0.2, 0.25) is 0 Å². The Morgan fingerprint density at radius 1 is 1.20 bits per heavy atom. The Kier molecular flexibility index (Phi) is 3.83. The van der Waals surface area contributed by atoms with E-state index in [1.165, 1.54) is 25.3 Å². The third-order valence-electron chi connectivity index (χ3n) is 4.64. The minimum absolute atomic E-state index is 0.0125. The van der Waals surface area contributed by atoms with Gasteiger partial charge in [-0.25, -0.2) is 4.39 Å². The molecule has 2 fully saturated rings. The second-order valence-corrected chi connectivity index (χ2v) is 6.71. The topological polar surface area (TPSA) is 21.3 Å². The predicted octanol–water partition coefficient (Wildman–Crippen LogP) is 3.45. The van der Waals surface area contributed by atoms with Crippen LogP contribution in [0.1, 0.15) is 44.6 Å². The number of morpholine rings is 1. The third-order valence-corrected chi connectivity index (χ3v) is 4.64. The third kappa shape index (κ3) is 3.04. The molecule has 1 saturated heterocycles. The van der Waals surface area contributed by atoms with Gasteiger partial charge in [-0.1, -0.05) is 31.4 Å². The highest BCUT2D eigenvalue weighted by Crippen LogP contribution is 2.38. The fourth-order valence-corrected chi connectivity index (χ4v) is 3.80. The lowest BCUT2D eigenvalue weighted by Gasteiger charge is -2.49. The molecule has 110 valence electrons. The van der Waals surface area contributed by atoms with E-state index in [1.54, 1.807) is 12.1 Å². The lowest BCUT2D eigenvalue weighted by Crippen LogP contribution is -2.60. The molecule has 3 rings (SSSR count). The van der Waals surface area contributed by atoms with Crippen LogP contribution in [0.5, 0.6) is 0 Å². The Bertz CT molecular complexity index is 464. The highest BCUT2D eigenvalue weighted by Gasteiger charge is 2.43. The number of hydrogen-bond donors (Lipinski definition) is 1. The van der Waals surface area contributed by atoms with Crippen molar-refractivity contribution in [2.24, 2.45) is 0 Å². The summed E-state index contributed by atoms with van der Waals surface area (Å²) >= 11 is 0. The maximum Gasteiger partial charge on any atom is 0.123 e. The summed E-state index contributed by atoms with van der Waals surface area (Å²) in [5.74, 6) is -0.165. The molecule has 1 spiro atoms. The number of hydrogen-bond acceptors (Lipinski definition) is 2. The largest absolute Gasteiger partial charge is 0.366 e. The van der Waals surface area contributed by atoms with Gasteiger partial charge in [0.15, 0.2) is 0 Å². The number of rotatable bonds is 2. The first-order chi connectivity index (χ1) is 9.59. The normalized spacial score (nSPS) is 29.5. The van der Waals surface area contributed by atoms with Crippen LogP contribution in [0.25, 0.3) is 0 Å². The molecule has 1 heterocycles. The van der Waals surface area contributed by atoms with E-state index in [4.69, 9.17) is 4.74 Å². The summed E-state index contributed by atoms with van der Waals surface area (Å²) in [7, 11) is 0. The van der Waals surface area contributed by atoms with Gasteiger partial charge in [0.2, 0.25) is 0 Å². The highest BCUT2D eigenvalue weighted by molar-refractivity contribution is 5.19. The van der Waals surface area contributed by atoms with Gasteiger partial charge < -0.3 is 10.1 Å². The Morgan fingerprint density at radius 3 is 2.75 bits per heavy atom. The van der Waals surface area contributed by atoms with Crippen molar-refractivity contribution in [3.05, 3.63) is 35.6 Å². The minimum atomic E-state index is -0.233. The molecule has 2 nitrogen and oxygen atoms in total. The van der Waals surface area contributed by atoms with Crippen LogP contribution in [0.3, 0.4) is 0 Å². The lowest BCUT2D eigenvalue weighted by atomic mass is 9.81. The maximum atomic E-state index is 13.3. The van der Waals surface area contributed by atoms with Crippen LogP contribution >= 0.6 is 0 Å². The number of benzene rings is 1. The van der Waals surface area contributed by atoms with E-state index in [0.717, 1.165) is 37.9 Å². The van der Waals surface area contributed by atoms with E-state index in [2.05, 4.69) is 12.2 Å². The SMILES string of the molecule is CC1(Cc2cccc(F)c2)CNCC2(CCCCC2)O1. The Labute approximate surface area is 120 Å². The van der Waals surface area contributed by atoms with E-state index in [0.29, 0.717) is 0 Å². The molecule has 1 aliphatic heterocycles. The Hall–Kier alpha value is -0.930. The van der Waals surface area contributed by atoms with Gasteiger partial charge in [0.1, 0.15) is 5.82 Å². The molecule has 0 bridgehead atoms. The molecule has 0 amide bonds. The molecular formula is C17H24FNO. The number of ether oxygens (including phenoxy) is 1. The standard InChI is InChI=1S/C17H24FNO/c1-16(11-14-6-5-7-15(18)10-14)12-19-13-17(20-16)8-3-2-4-9-17/h5-7,10,19H,2-4,8-9,11-13H2,1H3. The summed E-state index contributed by atoms with van der Waals surface area (Å²) in [6, 6.07) is 6.88. The van der Waals surface area contributed by atoms with Gasteiger partial charge in [-0.2, -0.15) is 0 Å². The Balaban J connectivity index is 1.74. The van der Waals surface area contributed by atoms with Crippen LogP contribution < -0.4 is 5.32 Å². The van der Waals surface area contributed by atoms with Crippen molar-refractivity contribution in [2.75, 3.05) is 13.1 Å². The second-order valence-electron chi connectivity index (χ2n) is 6.71. The molecular weight excluding hydrogens is 253 g/mol. The molecule has 1 aromatic carbocycles. The quantitative estimate of drug-likeness (QED) is 0.894. The molecule has 1 aromatic rings. The van der Waals surface area contributed by atoms with Gasteiger partial charge in [-0.3, -0.25) is 0 Å². The molecule has 1 saturated carbocycles. The molecule has 1 unspecified atom stereocenters. The van der Waals surface area contributed by atoms with Gasteiger partial charge in [-0.15, -0.1) is 0 Å². The molecule has 0 aromatic heterocycles. The average molecular weight is 277 g/mol. The zero-order valence-electron chi connectivity index (χ0n) is 12.3. The molecule has 1 atom stereocenters. The molecule has 0 radical (unpaired) electrons. The van der Waals surface area contributed by atoms with Crippen molar-refractivity contribution >= 4 is 0 Å². The Morgan fingerprint density at radius 2 is 2.00 bits per heavy atom. The fraction of sp³-hybridized carbons (Fsp3) is 0.647. The first-order valence-electron chi connectivity index (χ1n) is 7.75. The van der Waals surface area contributed by atoms with Crippen LogP contribution in [-0.2, 0) is 11.2 Å². The van der Waals surface area contributed by atoms with Crippen LogP contribution in [0.15, 0.2) is 24.3 Å². The summed E-state index contributed by atoms with van der Waals surface area (Å²) in [4.78, 5) is 0. The van der Waals surface area contributed by atoms with Crippen LogP contribution in [0.4, 0.5) is 4.39 Å². The number of halogens is 1. The second kappa shape index (κ2) is 5.45. The fourth-order valence-electron chi connectivity index (χ4n) is 3.80. The predicted molar refractivity (Wildman–Crippen MR) is 78.3 cm³/mol. The van der Waals surface area contributed by atoms with Gasteiger partial charge in [0, 0.05) is 19.5 Å². The van der Waals surface area contributed by atoms with E-state index >= 15 is 0 Å². The molecule has 1 aliphatic carbocycles. The summed E-state index contributed by atoms with van der Waals surface area (Å²) in [6.45, 7) is 3.96. The summed E-state index contributed by atoms with van der Waals surface area (Å²) < 4.78 is 19.9. The van der Waals surface area contributed by atoms with Crippen molar-refractivity contribution in [3.63, 3.8) is 0 Å². The summed E-state index contributed by atoms with van der Waals surface area (Å²) in [5.41, 5.74) is 0.796. The average Bonchev–Trinajstić information content (AvgIpc) is 2.38. The zero-order valence-corrected chi connectivity index (χ0v) is 12.3. The zero-order chi connectivity index (χ0) is 14.1. The molecule has 1 N–H and O–H groups in total. The molecule has 2 aliphatic rings. The highest BCUT2D eigenvalue weighted by atomic mass is 19.1. The smallest absolute Gasteiger partial charge is 0.123 e. The van der Waals surface area contributed by atoms with Crippen molar-refractivity contribution in [1.29, 1.82) is 0 Å². The molecule has 3 heteroatoms. The van der Waals surface area contributed by atoms with Crippen molar-refractivity contribution in [3.8, 4) is 0 Å². The first-order valence-corrected chi connectivity index (χ1v) is 7.75. The van der Waals surface area contributed by atoms with Gasteiger partial charge >= 0.3 is 0 Å². The summed E-state index contributed by atoms with van der Waals surface area (Å²) in [6.07, 6.45) is 6.91. The van der Waals surface area contributed by atoms with Gasteiger partial charge in [-0.05, 0) is 37.5 Å².